The maximum Gasteiger partial charge on any atom is 0.255 e. The van der Waals surface area contributed by atoms with E-state index in [0.717, 1.165) is 0 Å². The van der Waals surface area contributed by atoms with E-state index < -0.39 is 0 Å². The van der Waals surface area contributed by atoms with Crippen LogP contribution in [0, 0.1) is 11.8 Å². The number of nitrogens with zero attached hydrogens (tertiary/aromatic N) is 2. The Bertz CT molecular complexity index is 546. The Kier molecular flexibility index (Phi) is 6.20. The molecule has 0 fully saturated rings. The van der Waals surface area contributed by atoms with Gasteiger partial charge < -0.3 is 15.3 Å². The van der Waals surface area contributed by atoms with E-state index in [1.54, 1.807) is 19.3 Å². The first-order valence-corrected chi connectivity index (χ1v) is 6.09. The van der Waals surface area contributed by atoms with Crippen LogP contribution in [0.2, 0.25) is 0 Å². The Labute approximate surface area is 117 Å². The second-order valence-corrected chi connectivity index (χ2v) is 4.07. The van der Waals surface area contributed by atoms with E-state index in [-0.39, 0.29) is 25.0 Å². The van der Waals surface area contributed by atoms with Crippen molar-refractivity contribution in [3.8, 4) is 11.8 Å². The van der Waals surface area contributed by atoms with Gasteiger partial charge >= 0.3 is 0 Å². The highest BCUT2D eigenvalue weighted by atomic mass is 16.2. The molecule has 1 rings (SSSR count). The molecule has 0 spiro atoms. The number of aliphatic hydroxyl groups excluding tert-OH is 1. The molecule has 106 valence electrons. The average molecular weight is 275 g/mol. The summed E-state index contributed by atoms with van der Waals surface area (Å²) in [5.41, 5.74) is 0.963. The Morgan fingerprint density at radius 2 is 2.20 bits per heavy atom. The van der Waals surface area contributed by atoms with Gasteiger partial charge in [-0.05, 0) is 6.07 Å². The van der Waals surface area contributed by atoms with E-state index in [2.05, 4.69) is 22.1 Å². The van der Waals surface area contributed by atoms with Crippen molar-refractivity contribution in [1.29, 1.82) is 0 Å². The minimum absolute atomic E-state index is 0.00603. The second-order valence-electron chi connectivity index (χ2n) is 4.07. The first kappa shape index (κ1) is 15.7. The minimum Gasteiger partial charge on any atom is -0.395 e. The van der Waals surface area contributed by atoms with Crippen LogP contribution in [0.25, 0.3) is 0 Å². The zero-order valence-electron chi connectivity index (χ0n) is 11.5. The van der Waals surface area contributed by atoms with Crippen LogP contribution < -0.4 is 5.32 Å². The number of rotatable bonds is 4. The highest BCUT2D eigenvalue weighted by Gasteiger charge is 2.14. The molecular formula is C14H17N3O3. The van der Waals surface area contributed by atoms with Crippen LogP contribution in [0.3, 0.4) is 0 Å². The van der Waals surface area contributed by atoms with Gasteiger partial charge in [-0.1, -0.05) is 11.8 Å². The summed E-state index contributed by atoms with van der Waals surface area (Å²) in [7, 11) is 3.06. The molecule has 20 heavy (non-hydrogen) atoms. The summed E-state index contributed by atoms with van der Waals surface area (Å²) in [5.74, 6) is 5.03. The molecule has 6 heteroatoms. The Morgan fingerprint density at radius 1 is 1.45 bits per heavy atom. The van der Waals surface area contributed by atoms with Crippen LogP contribution in [0.4, 0.5) is 0 Å². The quantitative estimate of drug-likeness (QED) is 0.735. The summed E-state index contributed by atoms with van der Waals surface area (Å²) in [6, 6.07) is 1.61. The average Bonchev–Trinajstić information content (AvgIpc) is 2.46. The van der Waals surface area contributed by atoms with E-state index in [9.17, 15) is 9.59 Å². The number of aliphatic hydroxyl groups is 1. The van der Waals surface area contributed by atoms with Crippen LogP contribution in [0.5, 0.6) is 0 Å². The molecular weight excluding hydrogens is 258 g/mol. The maximum atomic E-state index is 12.1. The monoisotopic (exact) mass is 275 g/mol. The number of hydrogen-bond acceptors (Lipinski definition) is 4. The predicted molar refractivity (Wildman–Crippen MR) is 73.8 cm³/mol. The van der Waals surface area contributed by atoms with Crippen molar-refractivity contribution in [3.63, 3.8) is 0 Å². The molecule has 2 amide bonds. The van der Waals surface area contributed by atoms with Gasteiger partial charge in [0, 0.05) is 38.5 Å². The van der Waals surface area contributed by atoms with Crippen molar-refractivity contribution in [1.82, 2.24) is 15.2 Å². The number of hydrogen-bond donors (Lipinski definition) is 2. The van der Waals surface area contributed by atoms with E-state index in [0.29, 0.717) is 17.5 Å². The largest absolute Gasteiger partial charge is 0.395 e. The minimum atomic E-state index is -0.299. The number of amides is 2. The molecule has 1 aromatic rings. The van der Waals surface area contributed by atoms with Crippen LogP contribution >= 0.6 is 0 Å². The fourth-order valence-electron chi connectivity index (χ4n) is 1.43. The predicted octanol–water partition coefficient (Wildman–Crippen LogP) is -0.366. The first-order chi connectivity index (χ1) is 9.58. The number of likely N-dealkylation sites (N-methyl/N-ethyl adjacent to an activating group) is 2. The van der Waals surface area contributed by atoms with Gasteiger partial charge in [0.15, 0.2) is 0 Å². The zero-order valence-corrected chi connectivity index (χ0v) is 11.5. The van der Waals surface area contributed by atoms with Crippen molar-refractivity contribution in [3.05, 3.63) is 29.6 Å². The molecule has 0 aromatic carbocycles. The third-order valence-corrected chi connectivity index (χ3v) is 2.46. The van der Waals surface area contributed by atoms with Gasteiger partial charge in [0.25, 0.3) is 5.91 Å². The van der Waals surface area contributed by atoms with Crippen LogP contribution in [-0.4, -0.2) is 54.1 Å². The zero-order chi connectivity index (χ0) is 15.0. The van der Waals surface area contributed by atoms with Crippen LogP contribution in [-0.2, 0) is 4.79 Å². The molecule has 0 saturated carbocycles. The molecule has 1 heterocycles. The van der Waals surface area contributed by atoms with Crippen LogP contribution in [0.15, 0.2) is 18.5 Å². The number of pyridine rings is 1. The van der Waals surface area contributed by atoms with Crippen molar-refractivity contribution in [2.45, 2.75) is 6.42 Å². The first-order valence-electron chi connectivity index (χ1n) is 6.09. The fourth-order valence-corrected chi connectivity index (χ4v) is 1.43. The normalized spacial score (nSPS) is 9.35. The van der Waals surface area contributed by atoms with Crippen molar-refractivity contribution in [2.75, 3.05) is 27.2 Å². The molecule has 1 aromatic heterocycles. The van der Waals surface area contributed by atoms with E-state index in [1.807, 2.05) is 0 Å². The summed E-state index contributed by atoms with van der Waals surface area (Å²) in [4.78, 5) is 28.6. The summed E-state index contributed by atoms with van der Waals surface area (Å²) in [6.07, 6.45) is 3.34. The highest BCUT2D eigenvalue weighted by molar-refractivity contribution is 5.96. The van der Waals surface area contributed by atoms with Gasteiger partial charge in [0.1, 0.15) is 0 Å². The summed E-state index contributed by atoms with van der Waals surface area (Å²) >= 11 is 0. The molecule has 2 N–H and O–H groups in total. The lowest BCUT2D eigenvalue weighted by atomic mass is 10.2. The number of carbonyl (C=O) groups excluding carboxylic acids is 2. The fraction of sp³-hybridized carbons (Fsp3) is 0.357. The standard InChI is InChI=1S/C14H17N3O3/c1-15-13(19)10-17(2)14(20)12-7-11(8-16-9-12)5-3-4-6-18/h7-9,18H,4,6,10H2,1-2H3,(H,15,19). The summed E-state index contributed by atoms with van der Waals surface area (Å²) in [6.45, 7) is -0.0241. The second kappa shape index (κ2) is 7.92. The summed E-state index contributed by atoms with van der Waals surface area (Å²) < 4.78 is 0. The molecule has 0 aliphatic carbocycles. The smallest absolute Gasteiger partial charge is 0.255 e. The lowest BCUT2D eigenvalue weighted by molar-refractivity contribution is -0.121. The lowest BCUT2D eigenvalue weighted by Crippen LogP contribution is -2.36. The van der Waals surface area contributed by atoms with Crippen LogP contribution in [0.1, 0.15) is 22.3 Å². The van der Waals surface area contributed by atoms with Crippen molar-refractivity contribution >= 4 is 11.8 Å². The number of nitrogens with one attached hydrogen (secondary N) is 1. The van der Waals surface area contributed by atoms with Gasteiger partial charge in [-0.15, -0.1) is 0 Å². The topological polar surface area (TPSA) is 82.5 Å². The van der Waals surface area contributed by atoms with E-state index in [1.165, 1.54) is 18.1 Å². The molecule has 0 saturated heterocycles. The molecule has 0 radical (unpaired) electrons. The third-order valence-electron chi connectivity index (χ3n) is 2.46. The highest BCUT2D eigenvalue weighted by Crippen LogP contribution is 2.05. The third kappa shape index (κ3) is 4.71. The van der Waals surface area contributed by atoms with Gasteiger partial charge in [0.2, 0.25) is 5.91 Å². The molecule has 0 bridgehead atoms. The number of aromatic nitrogens is 1. The van der Waals surface area contributed by atoms with Gasteiger partial charge in [-0.3, -0.25) is 14.6 Å². The molecule has 0 aliphatic heterocycles. The van der Waals surface area contributed by atoms with Crippen molar-refractivity contribution < 1.29 is 14.7 Å². The van der Waals surface area contributed by atoms with Crippen molar-refractivity contribution in [2.24, 2.45) is 0 Å². The Balaban J connectivity index is 2.81. The van der Waals surface area contributed by atoms with Gasteiger partial charge in [-0.2, -0.15) is 0 Å². The van der Waals surface area contributed by atoms with Gasteiger partial charge in [0.05, 0.1) is 18.7 Å². The molecule has 0 atom stereocenters. The van der Waals surface area contributed by atoms with E-state index in [4.69, 9.17) is 5.11 Å². The summed E-state index contributed by atoms with van der Waals surface area (Å²) in [5, 5.41) is 11.1. The molecule has 0 aliphatic rings. The number of carbonyl (C=O) groups is 2. The maximum absolute atomic E-state index is 12.1. The molecule has 0 unspecified atom stereocenters. The SMILES string of the molecule is CNC(=O)CN(C)C(=O)c1cncc(C#CCCO)c1. The Morgan fingerprint density at radius 3 is 2.85 bits per heavy atom. The Hall–Kier alpha value is -2.39. The van der Waals surface area contributed by atoms with Gasteiger partial charge in [-0.25, -0.2) is 0 Å². The molecule has 6 nitrogen and oxygen atoms in total. The lowest BCUT2D eigenvalue weighted by Gasteiger charge is -2.15. The van der Waals surface area contributed by atoms with E-state index >= 15 is 0 Å².